The molecular weight excluding hydrogens is 212 g/mol. The lowest BCUT2D eigenvalue weighted by molar-refractivity contribution is 0.509. The molecule has 1 heterocycles. The van der Waals surface area contributed by atoms with Crippen LogP contribution in [0.2, 0.25) is 0 Å². The molecule has 0 radical (unpaired) electrons. The molecule has 5 heteroatoms. The number of hydrogen-bond donors (Lipinski definition) is 2. The van der Waals surface area contributed by atoms with Gasteiger partial charge in [-0.2, -0.15) is 0 Å². The summed E-state index contributed by atoms with van der Waals surface area (Å²) in [4.78, 5) is 7.07. The Morgan fingerprint density at radius 1 is 1.25 bits per heavy atom. The van der Waals surface area contributed by atoms with Crippen LogP contribution in [0.3, 0.4) is 0 Å². The molecule has 2 rings (SSSR count). The SMILES string of the molecule is NCCc1cnc(-c2ccc(F)c(F)c2)[nH]1. The summed E-state index contributed by atoms with van der Waals surface area (Å²) in [7, 11) is 0. The Bertz CT molecular complexity index is 494. The summed E-state index contributed by atoms with van der Waals surface area (Å²) in [5.41, 5.74) is 6.79. The van der Waals surface area contributed by atoms with Crippen molar-refractivity contribution in [3.05, 3.63) is 41.7 Å². The van der Waals surface area contributed by atoms with E-state index in [2.05, 4.69) is 9.97 Å². The maximum atomic E-state index is 13.0. The van der Waals surface area contributed by atoms with Crippen molar-refractivity contribution in [3.8, 4) is 11.4 Å². The van der Waals surface area contributed by atoms with Crippen molar-refractivity contribution in [1.82, 2.24) is 9.97 Å². The quantitative estimate of drug-likeness (QED) is 0.834. The fourth-order valence-corrected chi connectivity index (χ4v) is 1.43. The average Bonchev–Trinajstić information content (AvgIpc) is 2.71. The van der Waals surface area contributed by atoms with E-state index in [1.54, 1.807) is 6.20 Å². The van der Waals surface area contributed by atoms with Crippen LogP contribution in [-0.2, 0) is 6.42 Å². The lowest BCUT2D eigenvalue weighted by atomic mass is 10.2. The van der Waals surface area contributed by atoms with Crippen LogP contribution in [0.4, 0.5) is 8.78 Å². The van der Waals surface area contributed by atoms with Crippen LogP contribution in [0.25, 0.3) is 11.4 Å². The van der Waals surface area contributed by atoms with Crippen LogP contribution in [0.1, 0.15) is 5.69 Å². The summed E-state index contributed by atoms with van der Waals surface area (Å²) in [6.07, 6.45) is 2.32. The molecule has 0 unspecified atom stereocenters. The van der Waals surface area contributed by atoms with Gasteiger partial charge in [0.2, 0.25) is 0 Å². The smallest absolute Gasteiger partial charge is 0.159 e. The third kappa shape index (κ3) is 2.09. The van der Waals surface area contributed by atoms with Crippen molar-refractivity contribution in [3.63, 3.8) is 0 Å². The van der Waals surface area contributed by atoms with Gasteiger partial charge in [-0.3, -0.25) is 0 Å². The molecule has 0 fully saturated rings. The summed E-state index contributed by atoms with van der Waals surface area (Å²) in [5, 5.41) is 0. The second kappa shape index (κ2) is 4.40. The summed E-state index contributed by atoms with van der Waals surface area (Å²) in [5.74, 6) is -1.23. The van der Waals surface area contributed by atoms with Gasteiger partial charge >= 0.3 is 0 Å². The Labute approximate surface area is 91.3 Å². The molecule has 1 aromatic carbocycles. The second-order valence-corrected chi connectivity index (χ2v) is 3.42. The van der Waals surface area contributed by atoms with Gasteiger partial charge in [0.25, 0.3) is 0 Å². The van der Waals surface area contributed by atoms with Crippen molar-refractivity contribution in [1.29, 1.82) is 0 Å². The third-order valence-electron chi connectivity index (χ3n) is 2.24. The Balaban J connectivity index is 2.31. The van der Waals surface area contributed by atoms with Crippen LogP contribution < -0.4 is 5.73 Å². The van der Waals surface area contributed by atoms with Crippen molar-refractivity contribution in [2.75, 3.05) is 6.54 Å². The summed E-state index contributed by atoms with van der Waals surface area (Å²) >= 11 is 0. The topological polar surface area (TPSA) is 54.7 Å². The van der Waals surface area contributed by atoms with Gasteiger partial charge in [-0.25, -0.2) is 13.8 Å². The van der Waals surface area contributed by atoms with Crippen LogP contribution in [0.5, 0.6) is 0 Å². The van der Waals surface area contributed by atoms with E-state index >= 15 is 0 Å². The minimum atomic E-state index is -0.880. The lowest BCUT2D eigenvalue weighted by Gasteiger charge is -1.98. The van der Waals surface area contributed by atoms with Gasteiger partial charge in [0.05, 0.1) is 0 Å². The fourth-order valence-electron chi connectivity index (χ4n) is 1.43. The van der Waals surface area contributed by atoms with Gasteiger partial charge in [-0.1, -0.05) is 0 Å². The molecule has 0 atom stereocenters. The van der Waals surface area contributed by atoms with E-state index in [-0.39, 0.29) is 0 Å². The number of benzene rings is 1. The van der Waals surface area contributed by atoms with E-state index in [1.165, 1.54) is 6.07 Å². The number of nitrogens with one attached hydrogen (secondary N) is 1. The molecule has 2 aromatic rings. The standard InChI is InChI=1S/C11H11F2N3/c12-9-2-1-7(5-10(9)13)11-15-6-8(16-11)3-4-14/h1-2,5-6H,3-4,14H2,(H,15,16). The predicted octanol–water partition coefficient (Wildman–Crippen LogP) is 1.86. The predicted molar refractivity (Wildman–Crippen MR) is 56.7 cm³/mol. The van der Waals surface area contributed by atoms with Crippen molar-refractivity contribution >= 4 is 0 Å². The molecule has 1 aromatic heterocycles. The Morgan fingerprint density at radius 3 is 2.75 bits per heavy atom. The molecule has 0 aliphatic heterocycles. The first-order valence-corrected chi connectivity index (χ1v) is 4.90. The molecule has 0 aliphatic rings. The number of halogens is 2. The third-order valence-corrected chi connectivity index (χ3v) is 2.24. The Hall–Kier alpha value is -1.75. The summed E-state index contributed by atoms with van der Waals surface area (Å²) in [6, 6.07) is 3.67. The molecule has 84 valence electrons. The van der Waals surface area contributed by atoms with E-state index in [9.17, 15) is 8.78 Å². The van der Waals surface area contributed by atoms with E-state index in [0.717, 1.165) is 17.8 Å². The largest absolute Gasteiger partial charge is 0.342 e. The molecule has 0 saturated carbocycles. The number of aromatic nitrogens is 2. The number of imidazole rings is 1. The molecule has 16 heavy (non-hydrogen) atoms. The maximum absolute atomic E-state index is 13.0. The molecule has 0 spiro atoms. The number of rotatable bonds is 3. The first-order chi connectivity index (χ1) is 7.70. The highest BCUT2D eigenvalue weighted by Crippen LogP contribution is 2.18. The first-order valence-electron chi connectivity index (χ1n) is 4.90. The van der Waals surface area contributed by atoms with Crippen molar-refractivity contribution in [2.45, 2.75) is 6.42 Å². The van der Waals surface area contributed by atoms with E-state index in [1.807, 2.05) is 0 Å². The van der Waals surface area contributed by atoms with Gasteiger partial charge in [0.1, 0.15) is 5.82 Å². The second-order valence-electron chi connectivity index (χ2n) is 3.42. The van der Waals surface area contributed by atoms with Crippen molar-refractivity contribution < 1.29 is 8.78 Å². The number of hydrogen-bond acceptors (Lipinski definition) is 2. The molecule has 3 nitrogen and oxygen atoms in total. The Kier molecular flexibility index (Phi) is 2.96. The molecular formula is C11H11F2N3. The molecule has 0 saturated heterocycles. The number of nitrogens with two attached hydrogens (primary N) is 1. The fraction of sp³-hybridized carbons (Fsp3) is 0.182. The van der Waals surface area contributed by atoms with Crippen molar-refractivity contribution in [2.24, 2.45) is 5.73 Å². The zero-order chi connectivity index (χ0) is 11.5. The first kappa shape index (κ1) is 10.8. The Morgan fingerprint density at radius 2 is 2.06 bits per heavy atom. The number of aromatic amines is 1. The van der Waals surface area contributed by atoms with E-state index in [4.69, 9.17) is 5.73 Å². The van der Waals surface area contributed by atoms with Crippen LogP contribution in [0, 0.1) is 11.6 Å². The number of nitrogens with zero attached hydrogens (tertiary/aromatic N) is 1. The summed E-state index contributed by atoms with van der Waals surface area (Å²) < 4.78 is 25.7. The van der Waals surface area contributed by atoms with Gasteiger partial charge in [-0.15, -0.1) is 0 Å². The van der Waals surface area contributed by atoms with Gasteiger partial charge in [-0.05, 0) is 24.7 Å². The monoisotopic (exact) mass is 223 g/mol. The minimum Gasteiger partial charge on any atom is -0.342 e. The van der Waals surface area contributed by atoms with Crippen LogP contribution in [0.15, 0.2) is 24.4 Å². The van der Waals surface area contributed by atoms with E-state index < -0.39 is 11.6 Å². The maximum Gasteiger partial charge on any atom is 0.159 e. The highest BCUT2D eigenvalue weighted by Gasteiger charge is 2.07. The minimum absolute atomic E-state index is 0.513. The normalized spacial score (nSPS) is 10.7. The molecule has 0 amide bonds. The van der Waals surface area contributed by atoms with Gasteiger partial charge in [0.15, 0.2) is 11.6 Å². The zero-order valence-corrected chi connectivity index (χ0v) is 8.50. The lowest BCUT2D eigenvalue weighted by Crippen LogP contribution is -2.02. The number of H-pyrrole nitrogens is 1. The average molecular weight is 223 g/mol. The van der Waals surface area contributed by atoms with Crippen LogP contribution >= 0.6 is 0 Å². The molecule has 0 bridgehead atoms. The highest BCUT2D eigenvalue weighted by atomic mass is 19.2. The zero-order valence-electron chi connectivity index (χ0n) is 8.50. The highest BCUT2D eigenvalue weighted by molar-refractivity contribution is 5.55. The van der Waals surface area contributed by atoms with E-state index in [0.29, 0.717) is 24.4 Å². The molecule has 0 aliphatic carbocycles. The van der Waals surface area contributed by atoms with Gasteiger partial charge < -0.3 is 10.7 Å². The van der Waals surface area contributed by atoms with Crippen LogP contribution in [-0.4, -0.2) is 16.5 Å². The molecule has 3 N–H and O–H groups in total. The summed E-state index contributed by atoms with van der Waals surface area (Å²) in [6.45, 7) is 0.513. The van der Waals surface area contributed by atoms with Gasteiger partial charge in [0, 0.05) is 23.9 Å².